The first kappa shape index (κ1) is 13.1. The summed E-state index contributed by atoms with van der Waals surface area (Å²) in [7, 11) is 0. The number of rotatable bonds is 8. The van der Waals surface area contributed by atoms with Crippen LogP contribution in [0, 0.1) is 0 Å². The lowest BCUT2D eigenvalue weighted by Gasteiger charge is -2.04. The molecule has 0 aromatic rings. The van der Waals surface area contributed by atoms with E-state index < -0.39 is 5.97 Å². The predicted octanol–water partition coefficient (Wildman–Crippen LogP) is -0.384. The summed E-state index contributed by atoms with van der Waals surface area (Å²) in [6, 6.07) is 0. The van der Waals surface area contributed by atoms with E-state index in [1.165, 1.54) is 6.08 Å². The van der Waals surface area contributed by atoms with Crippen molar-refractivity contribution in [2.75, 3.05) is 32.9 Å². The zero-order chi connectivity index (χ0) is 10.8. The third-order valence-electron chi connectivity index (χ3n) is 1.43. The van der Waals surface area contributed by atoms with E-state index in [0.29, 0.717) is 26.3 Å². The molecule has 5 heteroatoms. The molecule has 0 aromatic carbocycles. The van der Waals surface area contributed by atoms with E-state index in [0.717, 1.165) is 5.57 Å². The minimum absolute atomic E-state index is 0.0257. The van der Waals surface area contributed by atoms with Crippen LogP contribution in [-0.4, -0.2) is 49.1 Å². The minimum Gasteiger partial charge on any atom is -0.478 e. The van der Waals surface area contributed by atoms with E-state index in [1.54, 1.807) is 6.92 Å². The van der Waals surface area contributed by atoms with Crippen molar-refractivity contribution in [1.82, 2.24) is 5.32 Å². The monoisotopic (exact) mass is 203 g/mol. The van der Waals surface area contributed by atoms with Crippen LogP contribution < -0.4 is 5.32 Å². The van der Waals surface area contributed by atoms with Gasteiger partial charge in [0, 0.05) is 19.2 Å². The van der Waals surface area contributed by atoms with Crippen molar-refractivity contribution in [3.05, 3.63) is 11.6 Å². The summed E-state index contributed by atoms with van der Waals surface area (Å²) in [6.45, 7) is 3.81. The zero-order valence-corrected chi connectivity index (χ0v) is 8.32. The van der Waals surface area contributed by atoms with Crippen LogP contribution in [0.5, 0.6) is 0 Å². The van der Waals surface area contributed by atoms with Crippen molar-refractivity contribution in [2.45, 2.75) is 6.92 Å². The molecule has 0 aliphatic rings. The largest absolute Gasteiger partial charge is 0.478 e. The molecule has 0 saturated heterocycles. The lowest BCUT2D eigenvalue weighted by molar-refractivity contribution is -0.131. The minimum atomic E-state index is -0.930. The molecule has 0 aliphatic heterocycles. The van der Waals surface area contributed by atoms with Crippen molar-refractivity contribution in [3.63, 3.8) is 0 Å². The Kier molecular flexibility index (Phi) is 8.11. The fourth-order valence-corrected chi connectivity index (χ4v) is 0.858. The lowest BCUT2D eigenvalue weighted by atomic mass is 10.3. The highest BCUT2D eigenvalue weighted by Crippen LogP contribution is 1.88. The van der Waals surface area contributed by atoms with Crippen LogP contribution in [0.4, 0.5) is 0 Å². The topological polar surface area (TPSA) is 78.8 Å². The number of carboxylic acid groups (broad SMARTS) is 1. The molecule has 0 radical (unpaired) electrons. The van der Waals surface area contributed by atoms with E-state index in [-0.39, 0.29) is 6.61 Å². The number of nitrogens with one attached hydrogen (secondary N) is 1. The fourth-order valence-electron chi connectivity index (χ4n) is 0.858. The zero-order valence-electron chi connectivity index (χ0n) is 8.32. The molecule has 0 atom stereocenters. The first-order valence-corrected chi connectivity index (χ1v) is 4.46. The van der Waals surface area contributed by atoms with Gasteiger partial charge >= 0.3 is 5.97 Å². The van der Waals surface area contributed by atoms with E-state index in [9.17, 15) is 4.79 Å². The first-order valence-electron chi connectivity index (χ1n) is 4.46. The smallest absolute Gasteiger partial charge is 0.328 e. The predicted molar refractivity (Wildman–Crippen MR) is 52.2 cm³/mol. The van der Waals surface area contributed by atoms with Crippen LogP contribution in [0.1, 0.15) is 6.92 Å². The summed E-state index contributed by atoms with van der Waals surface area (Å²) in [4.78, 5) is 10.2. The molecule has 0 saturated carbocycles. The number of carbonyl (C=O) groups is 1. The quantitative estimate of drug-likeness (QED) is 0.370. The summed E-state index contributed by atoms with van der Waals surface area (Å²) in [5.41, 5.74) is 0.764. The van der Waals surface area contributed by atoms with Gasteiger partial charge in [-0.05, 0) is 6.92 Å². The van der Waals surface area contributed by atoms with Crippen LogP contribution in [0.3, 0.4) is 0 Å². The number of carboxylic acids is 1. The Hall–Kier alpha value is -0.910. The van der Waals surface area contributed by atoms with Gasteiger partial charge in [0.1, 0.15) is 0 Å². The van der Waals surface area contributed by atoms with E-state index in [2.05, 4.69) is 5.32 Å². The summed E-state index contributed by atoms with van der Waals surface area (Å²) >= 11 is 0. The maximum atomic E-state index is 10.2. The van der Waals surface area contributed by atoms with E-state index in [4.69, 9.17) is 14.9 Å². The van der Waals surface area contributed by atoms with Crippen molar-refractivity contribution in [2.24, 2.45) is 0 Å². The Labute approximate surface area is 83.4 Å². The van der Waals surface area contributed by atoms with Crippen LogP contribution in [-0.2, 0) is 9.53 Å². The first-order chi connectivity index (χ1) is 6.66. The number of hydrogen-bond donors (Lipinski definition) is 3. The van der Waals surface area contributed by atoms with Crippen LogP contribution in [0.15, 0.2) is 11.6 Å². The van der Waals surface area contributed by atoms with Crippen LogP contribution in [0.25, 0.3) is 0 Å². The lowest BCUT2D eigenvalue weighted by Crippen LogP contribution is -2.22. The number of aliphatic hydroxyl groups is 1. The highest BCUT2D eigenvalue weighted by molar-refractivity contribution is 5.80. The standard InChI is InChI=1S/C9H17NO4/c1-8(6-9(12)13)7-10-2-4-14-5-3-11/h6,10-11H,2-5,7H2,1H3,(H,12,13). The highest BCUT2D eigenvalue weighted by atomic mass is 16.5. The fraction of sp³-hybridized carbons (Fsp3) is 0.667. The van der Waals surface area contributed by atoms with Crippen molar-refractivity contribution < 1.29 is 19.7 Å². The van der Waals surface area contributed by atoms with Crippen molar-refractivity contribution >= 4 is 5.97 Å². The molecule has 0 heterocycles. The van der Waals surface area contributed by atoms with Gasteiger partial charge in [0.2, 0.25) is 0 Å². The normalized spacial score (nSPS) is 11.7. The third-order valence-corrected chi connectivity index (χ3v) is 1.43. The van der Waals surface area contributed by atoms with Crippen molar-refractivity contribution in [3.8, 4) is 0 Å². The molecule has 0 aromatic heterocycles. The summed E-state index contributed by atoms with van der Waals surface area (Å²) < 4.78 is 5.00. The van der Waals surface area contributed by atoms with Gasteiger partial charge in [-0.25, -0.2) is 4.79 Å². The highest BCUT2D eigenvalue weighted by Gasteiger charge is 1.93. The van der Waals surface area contributed by atoms with E-state index in [1.807, 2.05) is 0 Å². The Morgan fingerprint density at radius 1 is 1.50 bits per heavy atom. The average Bonchev–Trinajstić information content (AvgIpc) is 2.10. The molecule has 0 spiro atoms. The van der Waals surface area contributed by atoms with Gasteiger partial charge in [-0.1, -0.05) is 5.57 Å². The molecule has 0 rings (SSSR count). The third kappa shape index (κ3) is 9.18. The maximum Gasteiger partial charge on any atom is 0.328 e. The molecule has 0 unspecified atom stereocenters. The van der Waals surface area contributed by atoms with Crippen LogP contribution in [0.2, 0.25) is 0 Å². The second kappa shape index (κ2) is 8.68. The Morgan fingerprint density at radius 2 is 2.21 bits per heavy atom. The number of ether oxygens (including phenoxy) is 1. The van der Waals surface area contributed by atoms with Gasteiger partial charge in [0.15, 0.2) is 0 Å². The second-order valence-corrected chi connectivity index (χ2v) is 2.84. The maximum absolute atomic E-state index is 10.2. The molecule has 0 amide bonds. The summed E-state index contributed by atoms with van der Waals surface area (Å²) in [6.07, 6.45) is 1.17. The average molecular weight is 203 g/mol. The molecule has 0 fully saturated rings. The molecule has 82 valence electrons. The van der Waals surface area contributed by atoms with Crippen LogP contribution >= 0.6 is 0 Å². The SMILES string of the molecule is CC(=CC(=O)O)CNCCOCCO. The van der Waals surface area contributed by atoms with Gasteiger partial charge < -0.3 is 20.3 Å². The van der Waals surface area contributed by atoms with E-state index >= 15 is 0 Å². The van der Waals surface area contributed by atoms with Gasteiger partial charge in [0.05, 0.1) is 19.8 Å². The van der Waals surface area contributed by atoms with Gasteiger partial charge in [-0.2, -0.15) is 0 Å². The second-order valence-electron chi connectivity index (χ2n) is 2.84. The molecule has 3 N–H and O–H groups in total. The molecule has 0 bridgehead atoms. The van der Waals surface area contributed by atoms with Gasteiger partial charge in [-0.15, -0.1) is 0 Å². The Morgan fingerprint density at radius 3 is 2.79 bits per heavy atom. The van der Waals surface area contributed by atoms with Gasteiger partial charge in [-0.3, -0.25) is 0 Å². The van der Waals surface area contributed by atoms with Gasteiger partial charge in [0.25, 0.3) is 0 Å². The number of aliphatic carboxylic acids is 1. The Bertz CT molecular complexity index is 191. The number of aliphatic hydroxyl groups excluding tert-OH is 1. The summed E-state index contributed by atoms with van der Waals surface area (Å²) in [5, 5.41) is 19.8. The molecule has 0 aliphatic carbocycles. The molecular weight excluding hydrogens is 186 g/mol. The van der Waals surface area contributed by atoms with Crippen molar-refractivity contribution in [1.29, 1.82) is 0 Å². The molecule has 5 nitrogen and oxygen atoms in total. The Balaban J connectivity index is 3.31. The molecular formula is C9H17NO4. The number of hydrogen-bond acceptors (Lipinski definition) is 4. The molecule has 14 heavy (non-hydrogen) atoms. The summed E-state index contributed by atoms with van der Waals surface area (Å²) in [5.74, 6) is -0.930.